The molecule has 0 radical (unpaired) electrons. The quantitative estimate of drug-likeness (QED) is 0.662. The lowest BCUT2D eigenvalue weighted by molar-refractivity contribution is 0.0746. The molecule has 33 heavy (non-hydrogen) atoms. The molecule has 1 aliphatic carbocycles. The molecular formula is C23H29ClN6O3. The van der Waals surface area contributed by atoms with Crippen molar-refractivity contribution in [3.05, 3.63) is 40.9 Å². The Bertz CT molecular complexity index is 988. The van der Waals surface area contributed by atoms with Gasteiger partial charge in [-0.25, -0.2) is 4.79 Å². The molecule has 1 N–H and O–H groups in total. The van der Waals surface area contributed by atoms with Crippen LogP contribution in [0.2, 0.25) is 5.02 Å². The first-order chi connectivity index (χ1) is 15.9. The van der Waals surface area contributed by atoms with Gasteiger partial charge in [-0.3, -0.25) is 4.79 Å². The summed E-state index contributed by atoms with van der Waals surface area (Å²) < 4.78 is 5.18. The Morgan fingerprint density at radius 2 is 1.88 bits per heavy atom. The maximum Gasteiger partial charge on any atom is 0.413 e. The highest BCUT2D eigenvalue weighted by atomic mass is 35.5. The monoisotopic (exact) mass is 472 g/mol. The number of carbonyl (C=O) groups excluding carboxylic acids is 2. The van der Waals surface area contributed by atoms with Gasteiger partial charge < -0.3 is 24.8 Å². The molecule has 2 aliphatic rings. The minimum absolute atomic E-state index is 0.0779. The van der Waals surface area contributed by atoms with Gasteiger partial charge in [-0.2, -0.15) is 0 Å². The zero-order chi connectivity index (χ0) is 23.4. The Labute approximate surface area is 198 Å². The molecule has 0 bridgehead atoms. The van der Waals surface area contributed by atoms with Gasteiger partial charge in [0.15, 0.2) is 5.82 Å². The van der Waals surface area contributed by atoms with E-state index in [0.29, 0.717) is 49.1 Å². The van der Waals surface area contributed by atoms with Crippen molar-refractivity contribution in [2.75, 3.05) is 56.6 Å². The topological polar surface area (TPSA) is 90.9 Å². The van der Waals surface area contributed by atoms with Crippen molar-refractivity contribution in [1.82, 2.24) is 20.4 Å². The van der Waals surface area contributed by atoms with Crippen LogP contribution in [0.5, 0.6) is 5.88 Å². The number of hydrogen-bond donors (Lipinski definition) is 1. The van der Waals surface area contributed by atoms with Gasteiger partial charge in [0.25, 0.3) is 5.91 Å². The first-order valence-corrected chi connectivity index (χ1v) is 11.6. The van der Waals surface area contributed by atoms with Gasteiger partial charge in [0.1, 0.15) is 0 Å². The van der Waals surface area contributed by atoms with Gasteiger partial charge in [-0.05, 0) is 36.6 Å². The van der Waals surface area contributed by atoms with Crippen LogP contribution in [0.3, 0.4) is 0 Å². The molecule has 2 aromatic rings. The number of carbonyl (C=O) groups is 2. The van der Waals surface area contributed by atoms with Gasteiger partial charge in [0.05, 0.1) is 10.6 Å². The molecule has 1 aliphatic heterocycles. The number of nitrogens with one attached hydrogen (secondary N) is 1. The molecule has 4 rings (SSSR count). The van der Waals surface area contributed by atoms with E-state index in [1.165, 1.54) is 12.8 Å². The van der Waals surface area contributed by atoms with Crippen molar-refractivity contribution in [1.29, 1.82) is 0 Å². The van der Waals surface area contributed by atoms with E-state index in [0.717, 1.165) is 18.0 Å². The number of benzene rings is 1. The maximum absolute atomic E-state index is 13.0. The van der Waals surface area contributed by atoms with Crippen LogP contribution >= 0.6 is 11.6 Å². The van der Waals surface area contributed by atoms with E-state index in [9.17, 15) is 9.59 Å². The minimum atomic E-state index is -0.512. The Morgan fingerprint density at radius 1 is 1.12 bits per heavy atom. The van der Waals surface area contributed by atoms with Gasteiger partial charge in [-0.1, -0.05) is 24.4 Å². The van der Waals surface area contributed by atoms with Crippen molar-refractivity contribution in [3.8, 4) is 5.88 Å². The average Bonchev–Trinajstić information content (AvgIpc) is 3.64. The van der Waals surface area contributed by atoms with Crippen LogP contribution in [0.1, 0.15) is 29.6 Å². The first kappa shape index (κ1) is 23.1. The number of ether oxygens (including phenoxy) is 1. The molecule has 1 saturated heterocycles. The predicted octanol–water partition coefficient (Wildman–Crippen LogP) is 3.05. The molecule has 1 saturated carbocycles. The molecule has 2 amide bonds. The van der Waals surface area contributed by atoms with Gasteiger partial charge in [0, 0.05) is 58.6 Å². The standard InChI is InChI=1S/C23H29ClN6O3/c1-28(2)17-5-6-19(24)18(15-17)22(31)30-13-11-29(12-14-30)20-7-8-21(27-26-20)33-23(32)25-10-9-16-3-4-16/h5-8,15-16H,3-4,9-14H2,1-2H3,(H,25,32). The van der Waals surface area contributed by atoms with Crippen LogP contribution in [-0.4, -0.2) is 73.9 Å². The van der Waals surface area contributed by atoms with Crippen LogP contribution in [0.4, 0.5) is 16.3 Å². The fourth-order valence-electron chi connectivity index (χ4n) is 3.72. The van der Waals surface area contributed by atoms with E-state index in [1.807, 2.05) is 36.0 Å². The highest BCUT2D eigenvalue weighted by Gasteiger charge is 2.25. The molecule has 176 valence electrons. The van der Waals surface area contributed by atoms with E-state index in [-0.39, 0.29) is 11.8 Å². The first-order valence-electron chi connectivity index (χ1n) is 11.2. The second-order valence-electron chi connectivity index (χ2n) is 8.62. The van der Waals surface area contributed by atoms with Crippen molar-refractivity contribution in [2.24, 2.45) is 5.92 Å². The predicted molar refractivity (Wildman–Crippen MR) is 127 cm³/mol. The lowest BCUT2D eigenvalue weighted by Gasteiger charge is -2.35. The number of piperazine rings is 1. The summed E-state index contributed by atoms with van der Waals surface area (Å²) in [5, 5.41) is 11.4. The number of nitrogens with zero attached hydrogens (tertiary/aromatic N) is 5. The molecule has 0 unspecified atom stereocenters. The summed E-state index contributed by atoms with van der Waals surface area (Å²) >= 11 is 6.30. The van der Waals surface area contributed by atoms with Crippen LogP contribution < -0.4 is 19.9 Å². The lowest BCUT2D eigenvalue weighted by Crippen LogP contribution is -2.49. The maximum atomic E-state index is 13.0. The molecule has 2 heterocycles. The smallest absolute Gasteiger partial charge is 0.390 e. The zero-order valence-electron chi connectivity index (χ0n) is 19.0. The Hall–Kier alpha value is -3.07. The number of rotatable bonds is 7. The summed E-state index contributed by atoms with van der Waals surface area (Å²) in [6.07, 6.45) is 2.98. The van der Waals surface area contributed by atoms with Crippen molar-refractivity contribution in [2.45, 2.75) is 19.3 Å². The second kappa shape index (κ2) is 10.2. The Kier molecular flexibility index (Phi) is 7.17. The second-order valence-corrected chi connectivity index (χ2v) is 9.02. The van der Waals surface area contributed by atoms with Gasteiger partial charge in [-0.15, -0.1) is 10.2 Å². The number of amides is 2. The molecule has 1 aromatic carbocycles. The number of hydrogen-bond acceptors (Lipinski definition) is 7. The van der Waals surface area contributed by atoms with Crippen molar-refractivity contribution in [3.63, 3.8) is 0 Å². The zero-order valence-corrected chi connectivity index (χ0v) is 19.7. The molecule has 1 aromatic heterocycles. The SMILES string of the molecule is CN(C)c1ccc(Cl)c(C(=O)N2CCN(c3ccc(OC(=O)NCCC4CC4)nn3)CC2)c1. The highest BCUT2D eigenvalue weighted by molar-refractivity contribution is 6.34. The van der Waals surface area contributed by atoms with Crippen molar-refractivity contribution >= 4 is 35.1 Å². The van der Waals surface area contributed by atoms with Crippen LogP contribution in [-0.2, 0) is 0 Å². The normalized spacial score (nSPS) is 15.8. The molecular weight excluding hydrogens is 444 g/mol. The number of anilines is 2. The summed E-state index contributed by atoms with van der Waals surface area (Å²) in [7, 11) is 3.85. The van der Waals surface area contributed by atoms with E-state index in [2.05, 4.69) is 15.5 Å². The van der Waals surface area contributed by atoms with Crippen molar-refractivity contribution < 1.29 is 14.3 Å². The third kappa shape index (κ3) is 6.04. The minimum Gasteiger partial charge on any atom is -0.390 e. The number of halogens is 1. The molecule has 2 fully saturated rings. The van der Waals surface area contributed by atoms with E-state index in [1.54, 1.807) is 23.1 Å². The van der Waals surface area contributed by atoms with Gasteiger partial charge >= 0.3 is 6.09 Å². The largest absolute Gasteiger partial charge is 0.413 e. The summed E-state index contributed by atoms with van der Waals surface area (Å²) in [6.45, 7) is 2.94. The summed E-state index contributed by atoms with van der Waals surface area (Å²) in [5.74, 6) is 1.51. The molecule has 0 atom stereocenters. The molecule has 0 spiro atoms. The average molecular weight is 473 g/mol. The van der Waals surface area contributed by atoms with E-state index < -0.39 is 6.09 Å². The summed E-state index contributed by atoms with van der Waals surface area (Å²) in [5.41, 5.74) is 1.43. The van der Waals surface area contributed by atoms with E-state index in [4.69, 9.17) is 16.3 Å². The van der Waals surface area contributed by atoms with Gasteiger partial charge in [0.2, 0.25) is 5.88 Å². The number of aromatic nitrogens is 2. The third-order valence-corrected chi connectivity index (χ3v) is 6.26. The molecule has 9 nitrogen and oxygen atoms in total. The lowest BCUT2D eigenvalue weighted by atomic mass is 10.1. The highest BCUT2D eigenvalue weighted by Crippen LogP contribution is 2.31. The third-order valence-electron chi connectivity index (χ3n) is 5.93. The van der Waals surface area contributed by atoms with E-state index >= 15 is 0 Å². The van der Waals surface area contributed by atoms with Crippen LogP contribution in [0, 0.1) is 5.92 Å². The fraction of sp³-hybridized carbons (Fsp3) is 0.478. The molecule has 10 heteroatoms. The summed E-state index contributed by atoms with van der Waals surface area (Å²) in [6, 6.07) is 8.87. The van der Waals surface area contributed by atoms with Crippen LogP contribution in [0.25, 0.3) is 0 Å². The van der Waals surface area contributed by atoms with Crippen LogP contribution in [0.15, 0.2) is 30.3 Å². The summed E-state index contributed by atoms with van der Waals surface area (Å²) in [4.78, 5) is 30.7. The Balaban J connectivity index is 1.28. The Morgan fingerprint density at radius 3 is 2.52 bits per heavy atom. The fourth-order valence-corrected chi connectivity index (χ4v) is 3.91.